The largest absolute Gasteiger partial charge is 0.508 e. The normalized spacial score (nSPS) is 13.8. The van der Waals surface area contributed by atoms with Crippen LogP contribution in [0.3, 0.4) is 0 Å². The van der Waals surface area contributed by atoms with Gasteiger partial charge >= 0.3 is 6.18 Å². The van der Waals surface area contributed by atoms with Crippen LogP contribution < -0.4 is 11.5 Å². The number of nitrogens with two attached hydrogens (primary N) is 2. The molecular weight excluding hydrogens is 221 g/mol. The summed E-state index contributed by atoms with van der Waals surface area (Å²) in [7, 11) is 0. The summed E-state index contributed by atoms with van der Waals surface area (Å²) in [5.41, 5.74) is 10.1. The Morgan fingerprint density at radius 1 is 1.31 bits per heavy atom. The van der Waals surface area contributed by atoms with Gasteiger partial charge in [0.25, 0.3) is 0 Å². The second-order valence-electron chi connectivity index (χ2n) is 3.46. The molecular formula is C10H13F3N2O. The highest BCUT2D eigenvalue weighted by molar-refractivity contribution is 5.39. The molecule has 0 aliphatic heterocycles. The zero-order valence-corrected chi connectivity index (χ0v) is 8.46. The van der Waals surface area contributed by atoms with Crippen LogP contribution in [0.2, 0.25) is 0 Å². The van der Waals surface area contributed by atoms with E-state index >= 15 is 0 Å². The molecule has 0 aliphatic carbocycles. The highest BCUT2D eigenvalue weighted by Gasteiger charge is 2.31. The fourth-order valence-corrected chi connectivity index (χ4v) is 1.36. The van der Waals surface area contributed by atoms with Crippen molar-refractivity contribution in [3.05, 3.63) is 29.3 Å². The van der Waals surface area contributed by atoms with Crippen molar-refractivity contribution in [2.45, 2.75) is 18.6 Å². The Kier molecular flexibility index (Phi) is 3.77. The van der Waals surface area contributed by atoms with Crippen LogP contribution in [-0.4, -0.2) is 11.7 Å². The lowest BCUT2D eigenvalue weighted by Gasteiger charge is -2.15. The Labute approximate surface area is 90.9 Å². The Morgan fingerprint density at radius 3 is 2.44 bits per heavy atom. The average molecular weight is 234 g/mol. The Bertz CT molecular complexity index is 366. The number of halogens is 3. The highest BCUT2D eigenvalue weighted by atomic mass is 19.4. The van der Waals surface area contributed by atoms with Gasteiger partial charge in [-0.3, -0.25) is 0 Å². The van der Waals surface area contributed by atoms with E-state index in [1.54, 1.807) is 0 Å². The third kappa shape index (κ3) is 2.86. The minimum absolute atomic E-state index is 0.0697. The molecule has 6 heteroatoms. The van der Waals surface area contributed by atoms with Crippen LogP contribution in [-0.2, 0) is 6.18 Å². The van der Waals surface area contributed by atoms with Crippen molar-refractivity contribution in [2.24, 2.45) is 11.5 Å². The Morgan fingerprint density at radius 2 is 1.94 bits per heavy atom. The summed E-state index contributed by atoms with van der Waals surface area (Å²) in [5, 5.41) is 9.41. The number of hydrogen-bond acceptors (Lipinski definition) is 3. The standard InChI is InChI=1S/C10H13F3N2O/c11-10(12,13)6-1-2-9(16)7(5-6)8(15)3-4-14/h1-2,5,8,16H,3-4,14-15H2/t8-/m0/s1. The number of rotatable bonds is 3. The summed E-state index contributed by atoms with van der Waals surface area (Å²) < 4.78 is 37.2. The molecule has 0 bridgehead atoms. The Hall–Kier alpha value is -1.27. The number of phenols is 1. The van der Waals surface area contributed by atoms with Crippen LogP contribution in [0.1, 0.15) is 23.6 Å². The first-order valence-electron chi connectivity index (χ1n) is 4.72. The second-order valence-corrected chi connectivity index (χ2v) is 3.46. The maximum Gasteiger partial charge on any atom is 0.416 e. The molecule has 1 aromatic carbocycles. The summed E-state index contributed by atoms with van der Waals surface area (Å²) in [6.07, 6.45) is -4.13. The predicted octanol–water partition coefficient (Wildman–Crippen LogP) is 1.76. The van der Waals surface area contributed by atoms with E-state index in [4.69, 9.17) is 11.5 Å². The van der Waals surface area contributed by atoms with Gasteiger partial charge in [-0.15, -0.1) is 0 Å². The van der Waals surface area contributed by atoms with Crippen molar-refractivity contribution >= 4 is 0 Å². The van der Waals surface area contributed by atoms with E-state index in [2.05, 4.69) is 0 Å². The summed E-state index contributed by atoms with van der Waals surface area (Å²) >= 11 is 0. The van der Waals surface area contributed by atoms with E-state index < -0.39 is 17.8 Å². The summed E-state index contributed by atoms with van der Waals surface area (Å²) in [6.45, 7) is 0.247. The zero-order valence-electron chi connectivity index (χ0n) is 8.46. The number of alkyl halides is 3. The van der Waals surface area contributed by atoms with Crippen LogP contribution in [0.15, 0.2) is 18.2 Å². The molecule has 0 saturated carbocycles. The molecule has 0 spiro atoms. The minimum Gasteiger partial charge on any atom is -0.508 e. The molecule has 0 aliphatic rings. The van der Waals surface area contributed by atoms with Gasteiger partial charge in [0.1, 0.15) is 5.75 Å². The van der Waals surface area contributed by atoms with E-state index in [9.17, 15) is 18.3 Å². The second kappa shape index (κ2) is 4.71. The number of phenolic OH excluding ortho intramolecular Hbond substituents is 1. The molecule has 0 saturated heterocycles. The first kappa shape index (κ1) is 12.8. The number of hydrogen-bond donors (Lipinski definition) is 3. The van der Waals surface area contributed by atoms with Gasteiger partial charge in [0.2, 0.25) is 0 Å². The van der Waals surface area contributed by atoms with Gasteiger partial charge in [0, 0.05) is 11.6 Å². The van der Waals surface area contributed by atoms with Crippen LogP contribution in [0.4, 0.5) is 13.2 Å². The quantitative estimate of drug-likeness (QED) is 0.746. The topological polar surface area (TPSA) is 72.3 Å². The molecule has 0 radical (unpaired) electrons. The fraction of sp³-hybridized carbons (Fsp3) is 0.400. The molecule has 90 valence electrons. The third-order valence-electron chi connectivity index (χ3n) is 2.23. The monoisotopic (exact) mass is 234 g/mol. The van der Waals surface area contributed by atoms with Gasteiger partial charge < -0.3 is 16.6 Å². The molecule has 0 heterocycles. The molecule has 0 fully saturated rings. The van der Waals surface area contributed by atoms with Gasteiger partial charge in [-0.2, -0.15) is 13.2 Å². The van der Waals surface area contributed by atoms with Gasteiger partial charge in [0.15, 0.2) is 0 Å². The van der Waals surface area contributed by atoms with E-state index in [0.29, 0.717) is 6.42 Å². The third-order valence-corrected chi connectivity index (χ3v) is 2.23. The number of benzene rings is 1. The summed E-state index contributed by atoms with van der Waals surface area (Å²) in [5.74, 6) is -0.242. The van der Waals surface area contributed by atoms with E-state index in [-0.39, 0.29) is 17.9 Å². The molecule has 16 heavy (non-hydrogen) atoms. The van der Waals surface area contributed by atoms with Crippen molar-refractivity contribution in [1.29, 1.82) is 0 Å². The summed E-state index contributed by atoms with van der Waals surface area (Å²) in [6, 6.07) is 1.98. The molecule has 1 aromatic rings. The lowest BCUT2D eigenvalue weighted by molar-refractivity contribution is -0.137. The summed E-state index contributed by atoms with van der Waals surface area (Å²) in [4.78, 5) is 0. The van der Waals surface area contributed by atoms with Crippen LogP contribution in [0, 0.1) is 0 Å². The van der Waals surface area contributed by atoms with Gasteiger partial charge in [-0.1, -0.05) is 0 Å². The molecule has 3 nitrogen and oxygen atoms in total. The first-order valence-corrected chi connectivity index (χ1v) is 4.72. The maximum atomic E-state index is 12.4. The van der Waals surface area contributed by atoms with E-state index in [0.717, 1.165) is 18.2 Å². The van der Waals surface area contributed by atoms with Crippen LogP contribution >= 0.6 is 0 Å². The van der Waals surface area contributed by atoms with E-state index in [1.165, 1.54) is 0 Å². The van der Waals surface area contributed by atoms with Crippen molar-refractivity contribution < 1.29 is 18.3 Å². The fourth-order valence-electron chi connectivity index (χ4n) is 1.36. The first-order chi connectivity index (χ1) is 7.36. The van der Waals surface area contributed by atoms with Gasteiger partial charge in [-0.05, 0) is 31.2 Å². The highest BCUT2D eigenvalue weighted by Crippen LogP contribution is 2.34. The Balaban J connectivity index is 3.09. The number of aromatic hydroxyl groups is 1. The molecule has 1 atom stereocenters. The minimum atomic E-state index is -4.44. The van der Waals surface area contributed by atoms with Crippen LogP contribution in [0.5, 0.6) is 5.75 Å². The smallest absolute Gasteiger partial charge is 0.416 e. The van der Waals surface area contributed by atoms with Crippen molar-refractivity contribution in [3.63, 3.8) is 0 Å². The maximum absolute atomic E-state index is 12.4. The molecule has 0 unspecified atom stereocenters. The predicted molar refractivity (Wildman–Crippen MR) is 53.7 cm³/mol. The van der Waals surface area contributed by atoms with Crippen molar-refractivity contribution in [3.8, 4) is 5.75 Å². The van der Waals surface area contributed by atoms with Crippen molar-refractivity contribution in [2.75, 3.05) is 6.54 Å². The molecule has 0 amide bonds. The SMILES string of the molecule is NCC[C@H](N)c1cc(C(F)(F)F)ccc1O. The average Bonchev–Trinajstić information content (AvgIpc) is 2.16. The van der Waals surface area contributed by atoms with Gasteiger partial charge in [0.05, 0.1) is 5.56 Å². The van der Waals surface area contributed by atoms with Crippen molar-refractivity contribution in [1.82, 2.24) is 0 Å². The van der Waals surface area contributed by atoms with Crippen LogP contribution in [0.25, 0.3) is 0 Å². The van der Waals surface area contributed by atoms with Gasteiger partial charge in [-0.25, -0.2) is 0 Å². The zero-order chi connectivity index (χ0) is 12.3. The lowest BCUT2D eigenvalue weighted by atomic mass is 10.0. The molecule has 0 aromatic heterocycles. The lowest BCUT2D eigenvalue weighted by Crippen LogP contribution is -2.16. The van der Waals surface area contributed by atoms with E-state index in [1.807, 2.05) is 0 Å². The molecule has 1 rings (SSSR count). The molecule has 5 N–H and O–H groups in total.